The van der Waals surface area contributed by atoms with Crippen molar-refractivity contribution >= 4 is 17.4 Å². The molecule has 0 spiro atoms. The molecule has 2 fully saturated rings. The van der Waals surface area contributed by atoms with E-state index in [9.17, 15) is 14.7 Å². The van der Waals surface area contributed by atoms with Crippen molar-refractivity contribution in [2.24, 2.45) is 0 Å². The number of morpholine rings is 1. The largest absolute Gasteiger partial charge is 0.507 e. The fourth-order valence-corrected chi connectivity index (χ4v) is 5.66. The number of Topliss-reactive ketones (excluding diaryl/α,β-unsaturated/α-hetero) is 1. The van der Waals surface area contributed by atoms with Gasteiger partial charge in [-0.15, -0.1) is 0 Å². The van der Waals surface area contributed by atoms with Crippen molar-refractivity contribution in [3.05, 3.63) is 58.7 Å². The predicted octanol–water partition coefficient (Wildman–Crippen LogP) is 4.34. The summed E-state index contributed by atoms with van der Waals surface area (Å²) >= 11 is 0. The lowest BCUT2D eigenvalue weighted by Crippen LogP contribution is -2.42. The minimum Gasteiger partial charge on any atom is -0.507 e. The monoisotopic (exact) mass is 564 g/mol. The van der Waals surface area contributed by atoms with E-state index in [2.05, 4.69) is 11.8 Å². The maximum absolute atomic E-state index is 13.6. The van der Waals surface area contributed by atoms with Crippen LogP contribution in [0, 0.1) is 0 Å². The second-order valence-corrected chi connectivity index (χ2v) is 10.7. The zero-order valence-electron chi connectivity index (χ0n) is 24.2. The number of benzene rings is 2. The number of nitrogens with zero attached hydrogens (tertiary/aromatic N) is 2. The van der Waals surface area contributed by atoms with Gasteiger partial charge in [-0.3, -0.25) is 14.5 Å². The van der Waals surface area contributed by atoms with Crippen LogP contribution in [0.1, 0.15) is 56.3 Å². The number of carbonyl (C=O) groups is 2. The molecule has 3 aliphatic rings. The van der Waals surface area contributed by atoms with E-state index in [-0.39, 0.29) is 17.4 Å². The molecular formula is C32H40N2O7. The van der Waals surface area contributed by atoms with E-state index < -0.39 is 17.7 Å². The van der Waals surface area contributed by atoms with Gasteiger partial charge in [-0.2, -0.15) is 0 Å². The Morgan fingerprint density at radius 3 is 2.59 bits per heavy atom. The first-order valence-electron chi connectivity index (χ1n) is 14.7. The molecule has 0 bridgehead atoms. The summed E-state index contributed by atoms with van der Waals surface area (Å²) in [4.78, 5) is 30.9. The molecule has 0 aliphatic carbocycles. The van der Waals surface area contributed by atoms with Crippen molar-refractivity contribution in [1.29, 1.82) is 0 Å². The van der Waals surface area contributed by atoms with Crippen molar-refractivity contribution in [1.82, 2.24) is 9.80 Å². The molecular weight excluding hydrogens is 524 g/mol. The maximum Gasteiger partial charge on any atom is 0.295 e. The first kappa shape index (κ1) is 29.0. The first-order chi connectivity index (χ1) is 19.9. The highest BCUT2D eigenvalue weighted by molar-refractivity contribution is 6.46. The molecule has 0 saturated carbocycles. The second-order valence-electron chi connectivity index (χ2n) is 10.7. The summed E-state index contributed by atoms with van der Waals surface area (Å²) in [7, 11) is 0. The highest BCUT2D eigenvalue weighted by atomic mass is 16.5. The van der Waals surface area contributed by atoms with Crippen molar-refractivity contribution in [3.8, 4) is 17.2 Å². The molecule has 2 saturated heterocycles. The van der Waals surface area contributed by atoms with E-state index in [1.165, 1.54) is 0 Å². The Labute approximate surface area is 241 Å². The number of fused-ring (bicyclic) bond motifs is 1. The number of aliphatic hydroxyl groups excluding tert-OH is 1. The molecule has 0 unspecified atom stereocenters. The Hall–Kier alpha value is -3.56. The van der Waals surface area contributed by atoms with E-state index in [0.717, 1.165) is 37.2 Å². The smallest absolute Gasteiger partial charge is 0.295 e. The zero-order valence-corrected chi connectivity index (χ0v) is 24.2. The highest BCUT2D eigenvalue weighted by Crippen LogP contribution is 2.43. The summed E-state index contributed by atoms with van der Waals surface area (Å²) in [5, 5.41) is 11.6. The van der Waals surface area contributed by atoms with Gasteiger partial charge in [-0.05, 0) is 61.7 Å². The number of carbonyl (C=O) groups excluding carboxylic acids is 2. The molecule has 0 aromatic heterocycles. The van der Waals surface area contributed by atoms with Crippen LogP contribution in [0.4, 0.5) is 0 Å². The Morgan fingerprint density at radius 2 is 1.83 bits per heavy atom. The van der Waals surface area contributed by atoms with Crippen molar-refractivity contribution in [2.75, 3.05) is 52.6 Å². The number of aliphatic hydroxyl groups is 1. The van der Waals surface area contributed by atoms with Gasteiger partial charge in [0.25, 0.3) is 11.7 Å². The molecule has 1 N–H and O–H groups in total. The van der Waals surface area contributed by atoms with E-state index in [1.807, 2.05) is 44.2 Å². The van der Waals surface area contributed by atoms with Gasteiger partial charge in [0.1, 0.15) is 17.6 Å². The molecule has 41 heavy (non-hydrogen) atoms. The van der Waals surface area contributed by atoms with Crippen LogP contribution in [0.5, 0.6) is 17.2 Å². The van der Waals surface area contributed by atoms with Crippen molar-refractivity contribution in [2.45, 2.75) is 52.2 Å². The summed E-state index contributed by atoms with van der Waals surface area (Å²) < 4.78 is 23.2. The summed E-state index contributed by atoms with van der Waals surface area (Å²) in [5.41, 5.74) is 2.21. The standard InChI is InChI=1S/C32H40N2O7/c1-4-6-15-40-26-10-7-22(20-27(26)39-5-2)29-28(30(35)23-8-9-25-24(19-23)18-21(3)41-25)31(36)32(37)34(29)12-11-33-13-16-38-17-14-33/h7-10,19-21,29,35H,4-6,11-18H2,1-3H3/t21-,29-/m1/s1. The van der Waals surface area contributed by atoms with Gasteiger partial charge < -0.3 is 29.0 Å². The lowest BCUT2D eigenvalue weighted by atomic mass is 9.94. The maximum atomic E-state index is 13.6. The van der Waals surface area contributed by atoms with Gasteiger partial charge in [0.05, 0.1) is 38.0 Å². The number of ketones is 1. The number of unbranched alkanes of at least 4 members (excludes halogenated alkanes) is 1. The van der Waals surface area contributed by atoms with Crippen LogP contribution in [0.15, 0.2) is 42.0 Å². The molecule has 9 heteroatoms. The Kier molecular flexibility index (Phi) is 9.15. The minimum atomic E-state index is -0.775. The van der Waals surface area contributed by atoms with E-state index >= 15 is 0 Å². The number of hydrogen-bond donors (Lipinski definition) is 1. The highest BCUT2D eigenvalue weighted by Gasteiger charge is 2.46. The van der Waals surface area contributed by atoms with Gasteiger partial charge in [-0.1, -0.05) is 19.4 Å². The average Bonchev–Trinajstić information content (AvgIpc) is 3.48. The number of amides is 1. The zero-order chi connectivity index (χ0) is 28.9. The molecule has 0 radical (unpaired) electrons. The third-order valence-electron chi connectivity index (χ3n) is 7.81. The molecule has 1 amide bonds. The summed E-state index contributed by atoms with van der Waals surface area (Å²) in [6, 6.07) is 10.1. The number of likely N-dealkylation sites (tertiary alicyclic amines) is 1. The van der Waals surface area contributed by atoms with Crippen LogP contribution < -0.4 is 14.2 Å². The molecule has 2 aromatic carbocycles. The van der Waals surface area contributed by atoms with Gasteiger partial charge in [0.15, 0.2) is 11.5 Å². The molecule has 5 rings (SSSR count). The van der Waals surface area contributed by atoms with Crippen LogP contribution in [0.25, 0.3) is 5.76 Å². The second kappa shape index (κ2) is 13.0. The van der Waals surface area contributed by atoms with E-state index in [0.29, 0.717) is 68.6 Å². The first-order valence-corrected chi connectivity index (χ1v) is 14.7. The lowest BCUT2D eigenvalue weighted by Gasteiger charge is -2.31. The summed E-state index contributed by atoms with van der Waals surface area (Å²) in [6.07, 6.45) is 2.68. The van der Waals surface area contributed by atoms with Gasteiger partial charge >= 0.3 is 0 Å². The number of hydrogen-bond acceptors (Lipinski definition) is 8. The molecule has 2 atom stereocenters. The van der Waals surface area contributed by atoms with Crippen molar-refractivity contribution in [3.63, 3.8) is 0 Å². The Balaban J connectivity index is 1.54. The Morgan fingerprint density at radius 1 is 1.02 bits per heavy atom. The lowest BCUT2D eigenvalue weighted by molar-refractivity contribution is -0.140. The van der Waals surface area contributed by atoms with Crippen LogP contribution in [0.2, 0.25) is 0 Å². The van der Waals surface area contributed by atoms with Crippen LogP contribution in [-0.2, 0) is 20.7 Å². The van der Waals surface area contributed by atoms with Crippen LogP contribution in [0.3, 0.4) is 0 Å². The molecule has 3 heterocycles. The minimum absolute atomic E-state index is 0.0446. The normalized spacial score (nSPS) is 22.1. The van der Waals surface area contributed by atoms with Crippen LogP contribution in [-0.4, -0.2) is 85.3 Å². The molecule has 220 valence electrons. The fourth-order valence-electron chi connectivity index (χ4n) is 5.66. The third-order valence-corrected chi connectivity index (χ3v) is 7.81. The quantitative estimate of drug-likeness (QED) is 0.186. The number of rotatable bonds is 11. The third kappa shape index (κ3) is 6.21. The topological polar surface area (TPSA) is 97.8 Å². The van der Waals surface area contributed by atoms with E-state index in [1.54, 1.807) is 11.0 Å². The van der Waals surface area contributed by atoms with Crippen molar-refractivity contribution < 1.29 is 33.6 Å². The van der Waals surface area contributed by atoms with Gasteiger partial charge in [-0.25, -0.2) is 0 Å². The van der Waals surface area contributed by atoms with Crippen LogP contribution >= 0.6 is 0 Å². The Bertz CT molecular complexity index is 1300. The van der Waals surface area contributed by atoms with E-state index in [4.69, 9.17) is 18.9 Å². The molecule has 3 aliphatic heterocycles. The average molecular weight is 565 g/mol. The summed E-state index contributed by atoms with van der Waals surface area (Å²) in [6.45, 7) is 10.7. The SMILES string of the molecule is CCCCOc1ccc([C@@H]2C(=C(O)c3ccc4c(c3)C[C@@H](C)O4)C(=O)C(=O)N2CCN2CCOCC2)cc1OCC. The van der Waals surface area contributed by atoms with Gasteiger partial charge in [0.2, 0.25) is 0 Å². The summed E-state index contributed by atoms with van der Waals surface area (Å²) in [5.74, 6) is 0.429. The molecule has 9 nitrogen and oxygen atoms in total. The number of ether oxygens (including phenoxy) is 4. The predicted molar refractivity (Wildman–Crippen MR) is 155 cm³/mol. The van der Waals surface area contributed by atoms with Gasteiger partial charge in [0, 0.05) is 38.2 Å². The fraction of sp³-hybridized carbons (Fsp3) is 0.500. The molecule has 2 aromatic rings.